The number of nitro benzene ring substituents is 1. The zero-order valence-electron chi connectivity index (χ0n) is 15.8. The van der Waals surface area contributed by atoms with E-state index in [4.69, 9.17) is 0 Å². The molecule has 1 aromatic carbocycles. The second kappa shape index (κ2) is 8.58. The first kappa shape index (κ1) is 20.7. The average molecular weight is 431 g/mol. The molecule has 0 aliphatic rings. The molecule has 0 spiro atoms. The number of nitrogens with zero attached hydrogens (tertiary/aromatic N) is 3. The fraction of sp³-hybridized carbons (Fsp3) is 0.211. The Morgan fingerprint density at radius 1 is 1.41 bits per heavy atom. The highest BCUT2D eigenvalue weighted by Crippen LogP contribution is 2.29. The molecule has 2 aromatic heterocycles. The summed E-state index contributed by atoms with van der Waals surface area (Å²) >= 11 is 2.54. The fourth-order valence-electron chi connectivity index (χ4n) is 2.76. The van der Waals surface area contributed by atoms with Crippen molar-refractivity contribution < 1.29 is 9.72 Å². The van der Waals surface area contributed by atoms with Gasteiger partial charge in [0, 0.05) is 17.5 Å². The van der Waals surface area contributed by atoms with Crippen molar-refractivity contribution in [3.63, 3.8) is 0 Å². The van der Waals surface area contributed by atoms with Gasteiger partial charge in [-0.25, -0.2) is 4.98 Å². The number of hydrogen-bond donors (Lipinski definition) is 1. The molecule has 29 heavy (non-hydrogen) atoms. The van der Waals surface area contributed by atoms with Gasteiger partial charge in [-0.05, 0) is 25.5 Å². The van der Waals surface area contributed by atoms with Crippen molar-refractivity contribution in [1.82, 2.24) is 9.55 Å². The fourth-order valence-corrected chi connectivity index (χ4v) is 4.64. The van der Waals surface area contributed by atoms with Crippen LogP contribution in [-0.2, 0) is 11.3 Å². The number of allylic oxidation sites excluding steroid dienone is 1. The van der Waals surface area contributed by atoms with Gasteiger partial charge in [0.05, 0.1) is 16.1 Å². The van der Waals surface area contributed by atoms with Crippen molar-refractivity contribution in [2.24, 2.45) is 0 Å². The number of aromatic nitrogens is 2. The third kappa shape index (κ3) is 4.22. The molecule has 0 atom stereocenters. The molecule has 10 heteroatoms. The molecule has 150 valence electrons. The first-order valence-corrected chi connectivity index (χ1v) is 10.4. The van der Waals surface area contributed by atoms with Crippen molar-refractivity contribution in [2.75, 3.05) is 11.1 Å². The third-order valence-electron chi connectivity index (χ3n) is 4.27. The van der Waals surface area contributed by atoms with Crippen LogP contribution in [0.15, 0.2) is 46.9 Å². The normalized spacial score (nSPS) is 10.8. The minimum atomic E-state index is -0.554. The summed E-state index contributed by atoms with van der Waals surface area (Å²) in [5.41, 5.74) is 0.683. The van der Waals surface area contributed by atoms with Gasteiger partial charge in [-0.2, -0.15) is 0 Å². The van der Waals surface area contributed by atoms with Gasteiger partial charge in [0.2, 0.25) is 5.91 Å². The topological polar surface area (TPSA) is 107 Å². The number of hydrogen-bond acceptors (Lipinski definition) is 7. The predicted molar refractivity (Wildman–Crippen MR) is 116 cm³/mol. The number of carbonyl (C=O) groups is 1. The first-order valence-electron chi connectivity index (χ1n) is 8.61. The molecule has 8 nitrogen and oxygen atoms in total. The number of nitrogens with one attached hydrogen (secondary N) is 1. The molecule has 1 amide bonds. The Morgan fingerprint density at radius 2 is 2.14 bits per heavy atom. The smallest absolute Gasteiger partial charge is 0.292 e. The van der Waals surface area contributed by atoms with E-state index in [1.54, 1.807) is 12.1 Å². The Hall–Kier alpha value is -2.98. The molecule has 3 rings (SSSR count). The summed E-state index contributed by atoms with van der Waals surface area (Å²) in [4.78, 5) is 42.0. The molecule has 0 radical (unpaired) electrons. The third-order valence-corrected chi connectivity index (χ3v) is 6.35. The highest BCUT2D eigenvalue weighted by molar-refractivity contribution is 7.99. The molecular formula is C19H18N4O4S2. The molecule has 0 saturated heterocycles. The predicted octanol–water partition coefficient (Wildman–Crippen LogP) is 3.90. The number of thioether (sulfide) groups is 1. The second-order valence-corrected chi connectivity index (χ2v) is 8.32. The van der Waals surface area contributed by atoms with Crippen LogP contribution < -0.4 is 10.9 Å². The van der Waals surface area contributed by atoms with Crippen LogP contribution in [0.4, 0.5) is 11.4 Å². The first-order chi connectivity index (χ1) is 13.8. The molecule has 2 heterocycles. The van der Waals surface area contributed by atoms with Gasteiger partial charge in [-0.3, -0.25) is 24.3 Å². The van der Waals surface area contributed by atoms with Gasteiger partial charge >= 0.3 is 0 Å². The maximum Gasteiger partial charge on any atom is 0.292 e. The molecule has 0 bridgehead atoms. The molecule has 0 fully saturated rings. The average Bonchev–Trinajstić information content (AvgIpc) is 2.97. The summed E-state index contributed by atoms with van der Waals surface area (Å²) in [6, 6.07) is 5.92. The van der Waals surface area contributed by atoms with E-state index in [0.29, 0.717) is 15.4 Å². The molecule has 0 unspecified atom stereocenters. The van der Waals surface area contributed by atoms with Gasteiger partial charge in [0.15, 0.2) is 5.16 Å². The highest BCUT2D eigenvalue weighted by atomic mass is 32.2. The Kier molecular flexibility index (Phi) is 6.14. The van der Waals surface area contributed by atoms with Crippen LogP contribution in [0.5, 0.6) is 0 Å². The van der Waals surface area contributed by atoms with Crippen LogP contribution in [0.3, 0.4) is 0 Å². The molecule has 0 aliphatic heterocycles. The van der Waals surface area contributed by atoms with E-state index in [1.807, 2.05) is 13.8 Å². The van der Waals surface area contributed by atoms with Gasteiger partial charge in [-0.1, -0.05) is 30.0 Å². The van der Waals surface area contributed by atoms with Crippen molar-refractivity contribution in [3.8, 4) is 0 Å². The number of fused-ring (bicyclic) bond motifs is 1. The van der Waals surface area contributed by atoms with Crippen LogP contribution in [0, 0.1) is 24.0 Å². The Morgan fingerprint density at radius 3 is 2.83 bits per heavy atom. The standard InChI is InChI=1S/C19H18N4O4S2/c1-4-9-22-18(25)16-11(2)12(3)29-17(16)21-19(22)28-10-15(24)20-13-7-5-6-8-14(13)23(26)27/h4-8H,1,9-10H2,2-3H3,(H,20,24). The van der Waals surface area contributed by atoms with Crippen molar-refractivity contribution in [2.45, 2.75) is 25.5 Å². The number of amides is 1. The summed E-state index contributed by atoms with van der Waals surface area (Å²) in [7, 11) is 0. The number of rotatable bonds is 7. The Bertz CT molecular complexity index is 1180. The Labute approximate surface area is 174 Å². The lowest BCUT2D eigenvalue weighted by Crippen LogP contribution is -2.23. The number of carbonyl (C=O) groups excluding carboxylic acids is 1. The summed E-state index contributed by atoms with van der Waals surface area (Å²) in [6.07, 6.45) is 1.60. The SMILES string of the molecule is C=CCn1c(SCC(=O)Nc2ccccc2[N+](=O)[O-])nc2sc(C)c(C)c2c1=O. The lowest BCUT2D eigenvalue weighted by molar-refractivity contribution is -0.383. The molecule has 0 aliphatic carbocycles. The molecule has 3 aromatic rings. The lowest BCUT2D eigenvalue weighted by atomic mass is 10.2. The van der Waals surface area contributed by atoms with Crippen molar-refractivity contribution in [1.29, 1.82) is 0 Å². The second-order valence-electron chi connectivity index (χ2n) is 6.17. The van der Waals surface area contributed by atoms with E-state index in [9.17, 15) is 19.7 Å². The highest BCUT2D eigenvalue weighted by Gasteiger charge is 2.18. The maximum atomic E-state index is 12.9. The minimum absolute atomic E-state index is 0.0511. The van der Waals surface area contributed by atoms with Gasteiger partial charge in [0.25, 0.3) is 11.2 Å². The molecular weight excluding hydrogens is 412 g/mol. The lowest BCUT2D eigenvalue weighted by Gasteiger charge is -2.10. The van der Waals surface area contributed by atoms with Crippen LogP contribution in [0.1, 0.15) is 10.4 Å². The number of thiophene rings is 1. The zero-order valence-corrected chi connectivity index (χ0v) is 17.4. The largest absolute Gasteiger partial charge is 0.320 e. The van der Waals surface area contributed by atoms with E-state index in [-0.39, 0.29) is 29.2 Å². The van der Waals surface area contributed by atoms with Crippen LogP contribution in [0.25, 0.3) is 10.2 Å². The van der Waals surface area contributed by atoms with E-state index in [0.717, 1.165) is 22.2 Å². The van der Waals surface area contributed by atoms with Crippen LogP contribution >= 0.6 is 23.1 Å². The summed E-state index contributed by atoms with van der Waals surface area (Å²) in [5.74, 6) is -0.480. The quantitative estimate of drug-likeness (QED) is 0.200. The van der Waals surface area contributed by atoms with E-state index in [2.05, 4.69) is 16.9 Å². The van der Waals surface area contributed by atoms with Gasteiger partial charge in [0.1, 0.15) is 10.5 Å². The van der Waals surface area contributed by atoms with E-state index in [1.165, 1.54) is 34.1 Å². The monoisotopic (exact) mass is 430 g/mol. The zero-order chi connectivity index (χ0) is 21.1. The summed E-state index contributed by atoms with van der Waals surface area (Å²) in [6.45, 7) is 7.78. The molecule has 1 N–H and O–H groups in total. The number of aryl methyl sites for hydroxylation is 2. The number of para-hydroxylation sites is 2. The molecule has 0 saturated carbocycles. The number of nitro groups is 1. The summed E-state index contributed by atoms with van der Waals surface area (Å²) in [5, 5.41) is 14.6. The number of benzene rings is 1. The van der Waals surface area contributed by atoms with Crippen LogP contribution in [-0.4, -0.2) is 26.1 Å². The van der Waals surface area contributed by atoms with Crippen molar-refractivity contribution in [3.05, 3.63) is 67.8 Å². The van der Waals surface area contributed by atoms with E-state index >= 15 is 0 Å². The number of anilines is 1. The Balaban J connectivity index is 1.86. The van der Waals surface area contributed by atoms with Gasteiger partial charge < -0.3 is 5.32 Å². The maximum absolute atomic E-state index is 12.9. The van der Waals surface area contributed by atoms with Gasteiger partial charge in [-0.15, -0.1) is 17.9 Å². The summed E-state index contributed by atoms with van der Waals surface area (Å²) < 4.78 is 1.48. The van der Waals surface area contributed by atoms with Crippen LogP contribution in [0.2, 0.25) is 0 Å². The van der Waals surface area contributed by atoms with Crippen molar-refractivity contribution >= 4 is 50.6 Å². The van der Waals surface area contributed by atoms with E-state index < -0.39 is 10.8 Å². The minimum Gasteiger partial charge on any atom is -0.320 e.